The molecule has 0 aliphatic carbocycles. The van der Waals surface area contributed by atoms with Gasteiger partial charge in [0.2, 0.25) is 0 Å². The zero-order valence-corrected chi connectivity index (χ0v) is 10.6. The molecular weight excluding hydrogens is 216 g/mol. The molecule has 1 aromatic carbocycles. The van der Waals surface area contributed by atoms with Crippen LogP contribution in [-0.2, 0) is 9.47 Å². The Morgan fingerprint density at radius 3 is 2.18 bits per heavy atom. The SMILES string of the molecule is CCCCOCCOCCOc1ccccc1. The Kier molecular flexibility index (Phi) is 8.33. The standard InChI is InChI=1S/C14H22O3/c1-2-3-9-15-10-11-16-12-13-17-14-7-5-4-6-8-14/h4-8H,2-3,9-13H2,1H3. The smallest absolute Gasteiger partial charge is 0.119 e. The van der Waals surface area contributed by atoms with Gasteiger partial charge in [-0.2, -0.15) is 0 Å². The van der Waals surface area contributed by atoms with E-state index in [9.17, 15) is 0 Å². The first-order valence-electron chi connectivity index (χ1n) is 6.27. The third-order valence-electron chi connectivity index (χ3n) is 2.25. The van der Waals surface area contributed by atoms with Gasteiger partial charge in [0, 0.05) is 6.61 Å². The summed E-state index contributed by atoms with van der Waals surface area (Å²) in [7, 11) is 0. The highest BCUT2D eigenvalue weighted by Gasteiger charge is 1.92. The van der Waals surface area contributed by atoms with Crippen LogP contribution in [0.25, 0.3) is 0 Å². The number of benzene rings is 1. The molecule has 0 radical (unpaired) electrons. The van der Waals surface area contributed by atoms with Crippen LogP contribution in [0.15, 0.2) is 30.3 Å². The number of unbranched alkanes of at least 4 members (excludes halogenated alkanes) is 1. The summed E-state index contributed by atoms with van der Waals surface area (Å²) in [6.45, 7) is 5.49. The molecule has 17 heavy (non-hydrogen) atoms. The molecule has 0 heterocycles. The average Bonchev–Trinajstić information content (AvgIpc) is 2.38. The Morgan fingerprint density at radius 1 is 0.824 bits per heavy atom. The molecule has 0 unspecified atom stereocenters. The van der Waals surface area contributed by atoms with E-state index in [1.165, 1.54) is 6.42 Å². The van der Waals surface area contributed by atoms with Gasteiger partial charge in [-0.1, -0.05) is 31.5 Å². The zero-order chi connectivity index (χ0) is 12.2. The normalized spacial score (nSPS) is 10.4. The van der Waals surface area contributed by atoms with Crippen molar-refractivity contribution < 1.29 is 14.2 Å². The molecule has 0 saturated heterocycles. The van der Waals surface area contributed by atoms with E-state index in [1.54, 1.807) is 0 Å². The molecule has 1 aromatic rings. The molecule has 1 rings (SSSR count). The van der Waals surface area contributed by atoms with Crippen molar-refractivity contribution in [2.75, 3.05) is 33.0 Å². The first-order chi connectivity index (χ1) is 8.43. The fraction of sp³-hybridized carbons (Fsp3) is 0.571. The van der Waals surface area contributed by atoms with E-state index < -0.39 is 0 Å². The molecule has 0 fully saturated rings. The van der Waals surface area contributed by atoms with Crippen LogP contribution in [-0.4, -0.2) is 33.0 Å². The summed E-state index contributed by atoms with van der Waals surface area (Å²) in [4.78, 5) is 0. The summed E-state index contributed by atoms with van der Waals surface area (Å²) in [6.07, 6.45) is 2.29. The fourth-order valence-corrected chi connectivity index (χ4v) is 1.30. The minimum absolute atomic E-state index is 0.582. The largest absolute Gasteiger partial charge is 0.491 e. The van der Waals surface area contributed by atoms with Gasteiger partial charge in [-0.05, 0) is 18.6 Å². The van der Waals surface area contributed by atoms with Gasteiger partial charge < -0.3 is 14.2 Å². The third kappa shape index (κ3) is 7.77. The summed E-state index contributed by atoms with van der Waals surface area (Å²) < 4.78 is 16.2. The van der Waals surface area contributed by atoms with Crippen molar-refractivity contribution in [3.05, 3.63) is 30.3 Å². The van der Waals surface area contributed by atoms with Gasteiger partial charge >= 0.3 is 0 Å². The number of rotatable bonds is 10. The second-order valence-electron chi connectivity index (χ2n) is 3.74. The van der Waals surface area contributed by atoms with Crippen LogP contribution in [0.3, 0.4) is 0 Å². The number of ether oxygens (including phenoxy) is 3. The molecule has 0 bridgehead atoms. The van der Waals surface area contributed by atoms with Gasteiger partial charge in [0.25, 0.3) is 0 Å². The maximum atomic E-state index is 5.49. The van der Waals surface area contributed by atoms with Crippen LogP contribution in [0.1, 0.15) is 19.8 Å². The van der Waals surface area contributed by atoms with E-state index in [4.69, 9.17) is 14.2 Å². The van der Waals surface area contributed by atoms with E-state index in [0.717, 1.165) is 18.8 Å². The van der Waals surface area contributed by atoms with E-state index in [2.05, 4.69) is 6.92 Å². The summed E-state index contributed by atoms with van der Waals surface area (Å²) >= 11 is 0. The highest BCUT2D eigenvalue weighted by molar-refractivity contribution is 5.20. The highest BCUT2D eigenvalue weighted by Crippen LogP contribution is 2.07. The van der Waals surface area contributed by atoms with E-state index >= 15 is 0 Å². The third-order valence-corrected chi connectivity index (χ3v) is 2.25. The number of hydrogen-bond acceptors (Lipinski definition) is 3. The summed E-state index contributed by atoms with van der Waals surface area (Å²) in [6, 6.07) is 9.76. The second kappa shape index (κ2) is 10.1. The minimum atomic E-state index is 0.582. The average molecular weight is 238 g/mol. The van der Waals surface area contributed by atoms with Crippen molar-refractivity contribution in [1.29, 1.82) is 0 Å². The lowest BCUT2D eigenvalue weighted by Crippen LogP contribution is -2.11. The van der Waals surface area contributed by atoms with Crippen molar-refractivity contribution in [2.45, 2.75) is 19.8 Å². The van der Waals surface area contributed by atoms with Crippen molar-refractivity contribution in [3.8, 4) is 5.75 Å². The quantitative estimate of drug-likeness (QED) is 0.587. The molecule has 3 nitrogen and oxygen atoms in total. The molecule has 0 atom stereocenters. The van der Waals surface area contributed by atoms with E-state index in [0.29, 0.717) is 26.4 Å². The topological polar surface area (TPSA) is 27.7 Å². The number of para-hydroxylation sites is 1. The first kappa shape index (κ1) is 14.0. The van der Waals surface area contributed by atoms with Gasteiger partial charge in [0.1, 0.15) is 12.4 Å². The van der Waals surface area contributed by atoms with Crippen LogP contribution in [0.4, 0.5) is 0 Å². The fourth-order valence-electron chi connectivity index (χ4n) is 1.30. The predicted molar refractivity (Wildman–Crippen MR) is 68.5 cm³/mol. The van der Waals surface area contributed by atoms with Crippen molar-refractivity contribution in [1.82, 2.24) is 0 Å². The van der Waals surface area contributed by atoms with Crippen molar-refractivity contribution in [3.63, 3.8) is 0 Å². The summed E-state index contributed by atoms with van der Waals surface area (Å²) in [5.74, 6) is 0.885. The van der Waals surface area contributed by atoms with Crippen LogP contribution in [0.2, 0.25) is 0 Å². The van der Waals surface area contributed by atoms with Crippen LogP contribution < -0.4 is 4.74 Å². The Morgan fingerprint density at radius 2 is 1.47 bits per heavy atom. The van der Waals surface area contributed by atoms with Crippen molar-refractivity contribution in [2.24, 2.45) is 0 Å². The van der Waals surface area contributed by atoms with E-state index in [-0.39, 0.29) is 0 Å². The molecule has 3 heteroatoms. The van der Waals surface area contributed by atoms with Crippen LogP contribution in [0.5, 0.6) is 5.75 Å². The number of hydrogen-bond donors (Lipinski definition) is 0. The molecule has 0 spiro atoms. The molecule has 0 N–H and O–H groups in total. The maximum Gasteiger partial charge on any atom is 0.119 e. The summed E-state index contributed by atoms with van der Waals surface area (Å²) in [5, 5.41) is 0. The molecule has 0 aromatic heterocycles. The Hall–Kier alpha value is -1.06. The minimum Gasteiger partial charge on any atom is -0.491 e. The van der Waals surface area contributed by atoms with Gasteiger partial charge in [0.15, 0.2) is 0 Å². The van der Waals surface area contributed by atoms with Crippen LogP contribution in [0, 0.1) is 0 Å². The monoisotopic (exact) mass is 238 g/mol. The second-order valence-corrected chi connectivity index (χ2v) is 3.74. The predicted octanol–water partition coefficient (Wildman–Crippen LogP) is 2.90. The molecule has 0 amide bonds. The van der Waals surface area contributed by atoms with Gasteiger partial charge in [-0.3, -0.25) is 0 Å². The van der Waals surface area contributed by atoms with Gasteiger partial charge in [-0.25, -0.2) is 0 Å². The maximum absolute atomic E-state index is 5.49. The van der Waals surface area contributed by atoms with Gasteiger partial charge in [-0.15, -0.1) is 0 Å². The lowest BCUT2D eigenvalue weighted by atomic mass is 10.3. The molecule has 96 valence electrons. The Balaban J connectivity index is 1.85. The van der Waals surface area contributed by atoms with Crippen LogP contribution >= 0.6 is 0 Å². The molecule has 0 aliphatic rings. The van der Waals surface area contributed by atoms with Gasteiger partial charge in [0.05, 0.1) is 19.8 Å². The molecule has 0 aliphatic heterocycles. The molecule has 0 saturated carbocycles. The first-order valence-corrected chi connectivity index (χ1v) is 6.27. The van der Waals surface area contributed by atoms with Crippen molar-refractivity contribution >= 4 is 0 Å². The lowest BCUT2D eigenvalue weighted by Gasteiger charge is -2.07. The Bertz CT molecular complexity index is 261. The highest BCUT2D eigenvalue weighted by atomic mass is 16.5. The summed E-state index contributed by atoms with van der Waals surface area (Å²) in [5.41, 5.74) is 0. The Labute approximate surface area is 104 Å². The zero-order valence-electron chi connectivity index (χ0n) is 10.6. The van der Waals surface area contributed by atoms with E-state index in [1.807, 2.05) is 30.3 Å². The molecular formula is C14H22O3. The lowest BCUT2D eigenvalue weighted by molar-refractivity contribution is 0.0356.